The molecule has 0 aliphatic carbocycles. The number of carbonyl (C=O) groups excluding carboxylic acids is 1. The number of benzene rings is 2. The number of piperazine rings is 1. The highest BCUT2D eigenvalue weighted by atomic mass is 16.3. The molecule has 0 radical (unpaired) electrons. The Hall–Kier alpha value is -2.33. The minimum absolute atomic E-state index is 0.0320. The topological polar surface area (TPSA) is 52.6 Å². The van der Waals surface area contributed by atoms with Gasteiger partial charge in [0.15, 0.2) is 0 Å². The lowest BCUT2D eigenvalue weighted by Crippen LogP contribution is -2.53. The molecule has 1 fully saturated rings. The van der Waals surface area contributed by atoms with Crippen molar-refractivity contribution in [1.29, 1.82) is 0 Å². The van der Waals surface area contributed by atoms with Gasteiger partial charge in [0.1, 0.15) is 11.8 Å². The maximum absolute atomic E-state index is 12.3. The number of fused-ring (bicyclic) bond motifs is 3. The van der Waals surface area contributed by atoms with E-state index < -0.39 is 0 Å². The van der Waals surface area contributed by atoms with E-state index in [9.17, 15) is 9.90 Å². The van der Waals surface area contributed by atoms with Crippen molar-refractivity contribution in [3.8, 4) is 5.75 Å². The monoisotopic (exact) mass is 294 g/mol. The Bertz CT molecular complexity index is 714. The Balaban J connectivity index is 1.86. The van der Waals surface area contributed by atoms with Crippen molar-refractivity contribution in [3.63, 3.8) is 0 Å². The lowest BCUT2D eigenvalue weighted by atomic mass is 9.80. The number of aromatic hydroxyl groups is 1. The van der Waals surface area contributed by atoms with Crippen LogP contribution in [-0.4, -0.2) is 35.5 Å². The summed E-state index contributed by atoms with van der Waals surface area (Å²) in [5.74, 6) is 0.481. The van der Waals surface area contributed by atoms with Crippen molar-refractivity contribution in [2.75, 3.05) is 19.6 Å². The van der Waals surface area contributed by atoms with E-state index in [0.717, 1.165) is 24.2 Å². The first-order valence-electron chi connectivity index (χ1n) is 7.63. The number of rotatable bonds is 1. The Labute approximate surface area is 129 Å². The van der Waals surface area contributed by atoms with Gasteiger partial charge in [-0.2, -0.15) is 0 Å². The maximum atomic E-state index is 12.3. The van der Waals surface area contributed by atoms with Crippen LogP contribution in [0.4, 0.5) is 0 Å². The zero-order chi connectivity index (χ0) is 15.1. The summed E-state index contributed by atoms with van der Waals surface area (Å²) in [4.78, 5) is 14.5. The Morgan fingerprint density at radius 3 is 2.73 bits per heavy atom. The molecule has 112 valence electrons. The van der Waals surface area contributed by atoms with Gasteiger partial charge >= 0.3 is 0 Å². The van der Waals surface area contributed by atoms with Crippen molar-refractivity contribution < 1.29 is 9.90 Å². The van der Waals surface area contributed by atoms with E-state index in [-0.39, 0.29) is 23.6 Å². The Kier molecular flexibility index (Phi) is 3.12. The third kappa shape index (κ3) is 2.07. The predicted molar refractivity (Wildman–Crippen MR) is 83.7 cm³/mol. The van der Waals surface area contributed by atoms with Gasteiger partial charge in [0.2, 0.25) is 5.91 Å². The lowest BCUT2D eigenvalue weighted by Gasteiger charge is -2.43. The fourth-order valence-electron chi connectivity index (χ4n) is 3.67. The van der Waals surface area contributed by atoms with Crippen LogP contribution in [0.15, 0.2) is 48.5 Å². The van der Waals surface area contributed by atoms with Gasteiger partial charge < -0.3 is 10.4 Å². The predicted octanol–water partition coefficient (Wildman–Crippen LogP) is 2.01. The molecule has 22 heavy (non-hydrogen) atoms. The quantitative estimate of drug-likeness (QED) is 0.846. The molecule has 4 rings (SSSR count). The molecule has 4 heteroatoms. The molecule has 2 heterocycles. The van der Waals surface area contributed by atoms with Crippen LogP contribution in [0.1, 0.15) is 28.7 Å². The van der Waals surface area contributed by atoms with Crippen molar-refractivity contribution >= 4 is 5.91 Å². The maximum Gasteiger partial charge on any atom is 0.242 e. The first-order chi connectivity index (χ1) is 10.7. The van der Waals surface area contributed by atoms with Gasteiger partial charge in [-0.05, 0) is 28.8 Å². The van der Waals surface area contributed by atoms with E-state index in [1.54, 1.807) is 12.1 Å². The number of amides is 1. The van der Waals surface area contributed by atoms with Crippen molar-refractivity contribution in [2.24, 2.45) is 0 Å². The number of phenolic OH excluding ortho intramolecular Hbond substituents is 1. The second kappa shape index (κ2) is 5.14. The van der Waals surface area contributed by atoms with E-state index >= 15 is 0 Å². The van der Waals surface area contributed by atoms with E-state index in [4.69, 9.17) is 0 Å². The highest BCUT2D eigenvalue weighted by Crippen LogP contribution is 2.41. The first kappa shape index (κ1) is 13.3. The largest absolute Gasteiger partial charge is 0.508 e. The standard InChI is InChI=1S/C18H18N2O2/c21-13-6-7-14-15(10-13)17-18(22)19-8-9-20(17)11-16(14)12-4-2-1-3-5-12/h1-7,10,16-17,21H,8-9,11H2,(H,19,22)/t16-,17+/m1/s1. The van der Waals surface area contributed by atoms with Crippen LogP contribution in [0.2, 0.25) is 0 Å². The van der Waals surface area contributed by atoms with Gasteiger partial charge in [0, 0.05) is 25.6 Å². The summed E-state index contributed by atoms with van der Waals surface area (Å²) in [6.45, 7) is 2.36. The summed E-state index contributed by atoms with van der Waals surface area (Å²) in [6, 6.07) is 15.5. The molecule has 4 nitrogen and oxygen atoms in total. The molecular formula is C18H18N2O2. The van der Waals surface area contributed by atoms with Crippen molar-refractivity contribution in [1.82, 2.24) is 10.2 Å². The second-order valence-corrected chi connectivity index (χ2v) is 5.96. The Morgan fingerprint density at radius 2 is 1.91 bits per heavy atom. The number of nitrogens with zero attached hydrogens (tertiary/aromatic N) is 1. The summed E-state index contributed by atoms with van der Waals surface area (Å²) in [5, 5.41) is 12.8. The molecule has 2 N–H and O–H groups in total. The average Bonchev–Trinajstić information content (AvgIpc) is 2.54. The zero-order valence-electron chi connectivity index (χ0n) is 12.2. The fraction of sp³-hybridized carbons (Fsp3) is 0.278. The molecule has 2 atom stereocenters. The molecule has 2 aliphatic heterocycles. The number of hydrogen-bond acceptors (Lipinski definition) is 3. The lowest BCUT2D eigenvalue weighted by molar-refractivity contribution is -0.129. The van der Waals surface area contributed by atoms with E-state index in [1.807, 2.05) is 24.3 Å². The second-order valence-electron chi connectivity index (χ2n) is 5.96. The first-order valence-corrected chi connectivity index (χ1v) is 7.63. The van der Waals surface area contributed by atoms with Crippen LogP contribution in [0, 0.1) is 0 Å². The summed E-state index contributed by atoms with van der Waals surface area (Å²) < 4.78 is 0. The van der Waals surface area contributed by atoms with E-state index in [0.29, 0.717) is 6.54 Å². The molecule has 0 spiro atoms. The van der Waals surface area contributed by atoms with Crippen LogP contribution >= 0.6 is 0 Å². The van der Waals surface area contributed by atoms with Crippen LogP contribution in [0.3, 0.4) is 0 Å². The number of phenols is 1. The third-order valence-electron chi connectivity index (χ3n) is 4.67. The average molecular weight is 294 g/mol. The summed E-state index contributed by atoms with van der Waals surface area (Å²) in [5.41, 5.74) is 3.32. The van der Waals surface area contributed by atoms with Gasteiger partial charge in [-0.15, -0.1) is 0 Å². The third-order valence-corrected chi connectivity index (χ3v) is 4.67. The normalized spacial score (nSPS) is 24.3. The SMILES string of the molecule is O=C1NCCN2C[C@H](c3ccccc3)c3ccc(O)cc3[C@@H]12. The van der Waals surface area contributed by atoms with Crippen LogP contribution in [-0.2, 0) is 4.79 Å². The summed E-state index contributed by atoms with van der Waals surface area (Å²) >= 11 is 0. The van der Waals surface area contributed by atoms with Gasteiger partial charge in [-0.3, -0.25) is 9.69 Å². The van der Waals surface area contributed by atoms with Crippen molar-refractivity contribution in [3.05, 3.63) is 65.2 Å². The van der Waals surface area contributed by atoms with Gasteiger partial charge in [-0.1, -0.05) is 36.4 Å². The number of carbonyl (C=O) groups is 1. The highest BCUT2D eigenvalue weighted by molar-refractivity contribution is 5.85. The van der Waals surface area contributed by atoms with E-state index in [1.165, 1.54) is 5.56 Å². The van der Waals surface area contributed by atoms with Crippen LogP contribution in [0.5, 0.6) is 5.75 Å². The highest BCUT2D eigenvalue weighted by Gasteiger charge is 2.39. The zero-order valence-corrected chi connectivity index (χ0v) is 12.2. The van der Waals surface area contributed by atoms with E-state index in [2.05, 4.69) is 22.3 Å². The summed E-state index contributed by atoms with van der Waals surface area (Å²) in [6.07, 6.45) is 0. The molecule has 2 aliphatic rings. The molecule has 0 bridgehead atoms. The summed E-state index contributed by atoms with van der Waals surface area (Å²) in [7, 11) is 0. The molecule has 0 saturated carbocycles. The smallest absolute Gasteiger partial charge is 0.242 e. The molecule has 0 unspecified atom stereocenters. The van der Waals surface area contributed by atoms with Crippen LogP contribution < -0.4 is 5.32 Å². The molecule has 0 aromatic heterocycles. The molecule has 1 amide bonds. The molecule has 1 saturated heterocycles. The minimum Gasteiger partial charge on any atom is -0.508 e. The number of nitrogens with one attached hydrogen (secondary N) is 1. The van der Waals surface area contributed by atoms with Gasteiger partial charge in [0.25, 0.3) is 0 Å². The number of hydrogen-bond donors (Lipinski definition) is 2. The molecule has 2 aromatic rings. The Morgan fingerprint density at radius 1 is 1.09 bits per heavy atom. The van der Waals surface area contributed by atoms with Crippen LogP contribution in [0.25, 0.3) is 0 Å². The van der Waals surface area contributed by atoms with Crippen molar-refractivity contribution in [2.45, 2.75) is 12.0 Å². The molecular weight excluding hydrogens is 276 g/mol. The minimum atomic E-state index is -0.282. The van der Waals surface area contributed by atoms with Gasteiger partial charge in [0.05, 0.1) is 0 Å². The molecule has 2 aromatic carbocycles. The van der Waals surface area contributed by atoms with Gasteiger partial charge in [-0.25, -0.2) is 0 Å². The fourth-order valence-corrected chi connectivity index (χ4v) is 3.67.